The number of anilines is 1. The lowest BCUT2D eigenvalue weighted by Gasteiger charge is -2.35. The predicted octanol–water partition coefficient (Wildman–Crippen LogP) is 1.66. The van der Waals surface area contributed by atoms with Crippen LogP contribution in [0.4, 0.5) is 5.95 Å². The van der Waals surface area contributed by atoms with Crippen molar-refractivity contribution in [2.75, 3.05) is 37.6 Å². The highest BCUT2D eigenvalue weighted by Crippen LogP contribution is 2.17. The molecule has 1 saturated heterocycles. The van der Waals surface area contributed by atoms with Crippen LogP contribution in [0.5, 0.6) is 0 Å². The van der Waals surface area contributed by atoms with Crippen molar-refractivity contribution >= 4 is 46.8 Å². The Kier molecular flexibility index (Phi) is 6.65. The first kappa shape index (κ1) is 20.3. The number of fused-ring (bicyclic) bond motifs is 1. The number of aromatic nitrogens is 4. The van der Waals surface area contributed by atoms with E-state index in [-0.39, 0.29) is 24.0 Å². The third kappa shape index (κ3) is 4.34. The minimum absolute atomic E-state index is 0. The van der Waals surface area contributed by atoms with Crippen LogP contribution in [-0.2, 0) is 13.5 Å². The molecule has 0 aliphatic carbocycles. The van der Waals surface area contributed by atoms with Crippen molar-refractivity contribution in [3.63, 3.8) is 0 Å². The molecule has 3 aromatic rings. The van der Waals surface area contributed by atoms with Crippen LogP contribution in [0.2, 0.25) is 0 Å². The van der Waals surface area contributed by atoms with E-state index in [2.05, 4.69) is 42.0 Å². The minimum Gasteiger partial charge on any atom is -0.370 e. The molecule has 2 N–H and O–H groups in total. The highest BCUT2D eigenvalue weighted by atomic mass is 127. The Morgan fingerprint density at radius 2 is 1.79 bits per heavy atom. The van der Waals surface area contributed by atoms with E-state index < -0.39 is 0 Å². The number of para-hydroxylation sites is 1. The quantitative estimate of drug-likeness (QED) is 0.339. The zero-order chi connectivity index (χ0) is 18.6. The molecule has 1 aliphatic rings. The highest BCUT2D eigenvalue weighted by molar-refractivity contribution is 14.0. The smallest absolute Gasteiger partial charge is 0.225 e. The number of benzene rings is 1. The standard InChI is InChI=1S/C19H24N8.HI/c1-25-17-6-3-2-5-15(17)16(24-25)7-10-21-18(20)26-11-13-27(14-12-26)19-22-8-4-9-23-19;/h2-6,8-9H,7,10-14H2,1H3,(H2,20,21);1H. The Morgan fingerprint density at radius 1 is 1.07 bits per heavy atom. The van der Waals surface area contributed by atoms with Gasteiger partial charge in [-0.3, -0.25) is 9.67 Å². The number of piperazine rings is 1. The first-order valence-corrected chi connectivity index (χ1v) is 9.20. The van der Waals surface area contributed by atoms with Gasteiger partial charge in [-0.25, -0.2) is 9.97 Å². The van der Waals surface area contributed by atoms with Crippen molar-refractivity contribution in [2.45, 2.75) is 6.42 Å². The number of aliphatic imine (C=N–C) groups is 1. The molecular formula is C19H25IN8. The van der Waals surface area contributed by atoms with Crippen LogP contribution in [0.1, 0.15) is 5.69 Å². The Bertz CT molecular complexity index is 932. The number of hydrogen-bond donors (Lipinski definition) is 1. The Labute approximate surface area is 181 Å². The van der Waals surface area contributed by atoms with E-state index in [4.69, 9.17) is 5.73 Å². The monoisotopic (exact) mass is 492 g/mol. The second kappa shape index (κ2) is 9.18. The predicted molar refractivity (Wildman–Crippen MR) is 122 cm³/mol. The second-order valence-electron chi connectivity index (χ2n) is 6.60. The molecule has 28 heavy (non-hydrogen) atoms. The van der Waals surface area contributed by atoms with Crippen LogP contribution in [0.15, 0.2) is 47.7 Å². The van der Waals surface area contributed by atoms with Gasteiger partial charge in [0.15, 0.2) is 5.96 Å². The lowest BCUT2D eigenvalue weighted by atomic mass is 10.2. The minimum atomic E-state index is 0. The summed E-state index contributed by atoms with van der Waals surface area (Å²) < 4.78 is 1.92. The number of guanidine groups is 1. The zero-order valence-corrected chi connectivity index (χ0v) is 18.2. The second-order valence-corrected chi connectivity index (χ2v) is 6.60. The normalized spacial score (nSPS) is 15.0. The van der Waals surface area contributed by atoms with E-state index in [9.17, 15) is 0 Å². The van der Waals surface area contributed by atoms with Gasteiger partial charge in [-0.1, -0.05) is 18.2 Å². The van der Waals surface area contributed by atoms with Gasteiger partial charge in [-0.15, -0.1) is 24.0 Å². The van der Waals surface area contributed by atoms with Crippen LogP contribution in [-0.4, -0.2) is 63.3 Å². The molecule has 0 bridgehead atoms. The summed E-state index contributed by atoms with van der Waals surface area (Å²) in [6.45, 7) is 3.95. The molecular weight excluding hydrogens is 467 g/mol. The first-order chi connectivity index (χ1) is 13.2. The molecule has 4 rings (SSSR count). The van der Waals surface area contributed by atoms with Crippen LogP contribution in [0.3, 0.4) is 0 Å². The molecule has 0 saturated carbocycles. The molecule has 0 unspecified atom stereocenters. The van der Waals surface area contributed by atoms with Crippen LogP contribution in [0.25, 0.3) is 10.9 Å². The fourth-order valence-corrected chi connectivity index (χ4v) is 3.44. The van der Waals surface area contributed by atoms with Gasteiger partial charge in [-0.2, -0.15) is 5.10 Å². The SMILES string of the molecule is Cn1nc(CCN=C(N)N2CCN(c3ncccn3)CC2)c2ccccc21.I. The van der Waals surface area contributed by atoms with Crippen molar-refractivity contribution in [1.29, 1.82) is 0 Å². The van der Waals surface area contributed by atoms with Crippen molar-refractivity contribution in [3.05, 3.63) is 48.4 Å². The van der Waals surface area contributed by atoms with Crippen molar-refractivity contribution in [2.24, 2.45) is 17.8 Å². The summed E-state index contributed by atoms with van der Waals surface area (Å²) in [6, 6.07) is 10.1. The van der Waals surface area contributed by atoms with Crippen LogP contribution < -0.4 is 10.6 Å². The molecule has 0 atom stereocenters. The maximum Gasteiger partial charge on any atom is 0.225 e. The number of aryl methyl sites for hydroxylation is 1. The molecule has 8 nitrogen and oxygen atoms in total. The molecule has 0 spiro atoms. The summed E-state index contributed by atoms with van der Waals surface area (Å²) in [4.78, 5) is 17.5. The highest BCUT2D eigenvalue weighted by Gasteiger charge is 2.19. The number of rotatable bonds is 4. The van der Waals surface area contributed by atoms with Crippen molar-refractivity contribution in [3.8, 4) is 0 Å². The molecule has 2 aromatic heterocycles. The summed E-state index contributed by atoms with van der Waals surface area (Å²) in [6.07, 6.45) is 4.32. The van der Waals surface area contributed by atoms with Gasteiger partial charge in [0.05, 0.1) is 11.2 Å². The van der Waals surface area contributed by atoms with Crippen LogP contribution >= 0.6 is 24.0 Å². The van der Waals surface area contributed by atoms with Gasteiger partial charge < -0.3 is 15.5 Å². The fraction of sp³-hybridized carbons (Fsp3) is 0.368. The third-order valence-electron chi connectivity index (χ3n) is 4.90. The summed E-state index contributed by atoms with van der Waals surface area (Å²) in [5.41, 5.74) is 8.42. The van der Waals surface area contributed by atoms with Crippen molar-refractivity contribution < 1.29 is 0 Å². The summed E-state index contributed by atoms with van der Waals surface area (Å²) in [7, 11) is 1.97. The number of halogens is 1. The van der Waals surface area contributed by atoms with E-state index in [1.165, 1.54) is 5.39 Å². The number of nitrogens with zero attached hydrogens (tertiary/aromatic N) is 7. The van der Waals surface area contributed by atoms with Gasteiger partial charge in [0.2, 0.25) is 5.95 Å². The largest absolute Gasteiger partial charge is 0.370 e. The summed E-state index contributed by atoms with van der Waals surface area (Å²) in [5, 5.41) is 5.80. The van der Waals surface area contributed by atoms with E-state index in [0.29, 0.717) is 12.5 Å². The topological polar surface area (TPSA) is 88.5 Å². The van der Waals surface area contributed by atoms with Gasteiger partial charge in [0.1, 0.15) is 0 Å². The fourth-order valence-electron chi connectivity index (χ4n) is 3.44. The Balaban J connectivity index is 0.00000225. The molecule has 3 heterocycles. The molecule has 1 aliphatic heterocycles. The zero-order valence-electron chi connectivity index (χ0n) is 15.9. The average molecular weight is 492 g/mol. The Hall–Kier alpha value is -2.43. The van der Waals surface area contributed by atoms with E-state index in [1.807, 2.05) is 29.9 Å². The van der Waals surface area contributed by atoms with Gasteiger partial charge >= 0.3 is 0 Å². The van der Waals surface area contributed by atoms with Gasteiger partial charge in [-0.05, 0) is 12.1 Å². The van der Waals surface area contributed by atoms with E-state index in [0.717, 1.165) is 49.8 Å². The Morgan fingerprint density at radius 3 is 2.54 bits per heavy atom. The average Bonchev–Trinajstić information content (AvgIpc) is 3.05. The van der Waals surface area contributed by atoms with E-state index in [1.54, 1.807) is 12.4 Å². The maximum atomic E-state index is 6.22. The lowest BCUT2D eigenvalue weighted by molar-refractivity contribution is 0.378. The van der Waals surface area contributed by atoms with Gasteiger partial charge in [0, 0.05) is 64.0 Å². The molecule has 0 radical (unpaired) electrons. The maximum absolute atomic E-state index is 6.22. The van der Waals surface area contributed by atoms with Crippen molar-refractivity contribution in [1.82, 2.24) is 24.6 Å². The molecule has 148 valence electrons. The molecule has 0 amide bonds. The summed E-state index contributed by atoms with van der Waals surface area (Å²) >= 11 is 0. The molecule has 1 fully saturated rings. The first-order valence-electron chi connectivity index (χ1n) is 9.20. The lowest BCUT2D eigenvalue weighted by Crippen LogP contribution is -2.51. The molecule has 9 heteroatoms. The summed E-state index contributed by atoms with van der Waals surface area (Å²) in [5.74, 6) is 1.37. The third-order valence-corrected chi connectivity index (χ3v) is 4.90. The van der Waals surface area contributed by atoms with Gasteiger partial charge in [0.25, 0.3) is 0 Å². The van der Waals surface area contributed by atoms with Crippen LogP contribution in [0, 0.1) is 0 Å². The van der Waals surface area contributed by atoms with E-state index >= 15 is 0 Å². The molecule has 1 aromatic carbocycles. The number of nitrogens with two attached hydrogens (primary N) is 1. The number of hydrogen-bond acceptors (Lipinski definition) is 5.